The van der Waals surface area contributed by atoms with Crippen LogP contribution in [0.15, 0.2) is 24.3 Å². The minimum atomic E-state index is -0.758. The largest absolute Gasteiger partial charge is 0.382 e. The molecule has 16 nitrogen and oxygen atoms in total. The minimum Gasteiger partial charge on any atom is -0.382 e. The number of imide groups is 1. The minimum absolute atomic E-state index is 0.0107. The van der Waals surface area contributed by atoms with Gasteiger partial charge < -0.3 is 47.5 Å². The summed E-state index contributed by atoms with van der Waals surface area (Å²) in [4.78, 5) is 59.7. The van der Waals surface area contributed by atoms with Crippen LogP contribution >= 0.6 is 0 Å². The standard InChI is InChI=1S/C35H50N4O12/c1-3-13-37(32(40)9-6-10-35(43)51-39-33(41)11-12-34(39)42)28-31-36-29-7-4-5-8-30(29)38(31)14-15-45-18-19-47-22-23-49-26-27-50-25-24-48-21-20-46-17-16-44-2/h1,4-5,7-8H,6,9-28H2,2H3. The van der Waals surface area contributed by atoms with Crippen LogP contribution < -0.4 is 0 Å². The summed E-state index contributed by atoms with van der Waals surface area (Å²) in [5.74, 6) is 1.03. The smallest absolute Gasteiger partial charge is 0.333 e. The summed E-state index contributed by atoms with van der Waals surface area (Å²) in [6, 6.07) is 7.65. The number of carbonyl (C=O) groups is 4. The molecule has 1 saturated heterocycles. The van der Waals surface area contributed by atoms with Crippen molar-refractivity contribution in [1.29, 1.82) is 0 Å². The molecule has 282 valence electrons. The van der Waals surface area contributed by atoms with Crippen molar-refractivity contribution in [2.75, 3.05) is 99.5 Å². The van der Waals surface area contributed by atoms with Crippen LogP contribution in [0.3, 0.4) is 0 Å². The van der Waals surface area contributed by atoms with Crippen LogP contribution in [0.4, 0.5) is 0 Å². The molecule has 0 radical (unpaired) electrons. The molecule has 1 aromatic heterocycles. The van der Waals surface area contributed by atoms with E-state index in [9.17, 15) is 19.2 Å². The number of fused-ring (bicyclic) bond motifs is 1. The summed E-state index contributed by atoms with van der Waals surface area (Å²) in [5, 5.41) is 0.495. The topological polar surface area (TPSA) is 166 Å². The Bertz CT molecular complexity index is 1380. The number of rotatable bonds is 29. The Balaban J connectivity index is 1.29. The second kappa shape index (κ2) is 25.1. The van der Waals surface area contributed by atoms with Crippen LogP contribution in [0.5, 0.6) is 0 Å². The molecule has 0 spiro atoms. The second-order valence-corrected chi connectivity index (χ2v) is 11.2. The van der Waals surface area contributed by atoms with Gasteiger partial charge in [0.05, 0.1) is 110 Å². The Kier molecular flexibility index (Phi) is 20.4. The molecular formula is C35H50N4O12. The quantitative estimate of drug-likeness (QED) is 0.0676. The van der Waals surface area contributed by atoms with E-state index in [1.54, 1.807) is 7.11 Å². The molecule has 1 aliphatic rings. The van der Waals surface area contributed by atoms with Gasteiger partial charge in [-0.3, -0.25) is 14.4 Å². The second-order valence-electron chi connectivity index (χ2n) is 11.2. The van der Waals surface area contributed by atoms with E-state index in [4.69, 9.17) is 49.4 Å². The fourth-order valence-corrected chi connectivity index (χ4v) is 4.86. The van der Waals surface area contributed by atoms with Gasteiger partial charge in [0.1, 0.15) is 5.82 Å². The molecule has 0 bridgehead atoms. The third-order valence-corrected chi connectivity index (χ3v) is 7.42. The van der Waals surface area contributed by atoms with E-state index >= 15 is 0 Å². The number of para-hydroxylation sites is 2. The van der Waals surface area contributed by atoms with E-state index in [-0.39, 0.29) is 51.1 Å². The SMILES string of the molecule is C#CCN(Cc1nc2ccccc2n1CCOCCOCCOCCOCCOCCOCCOC)C(=O)CCCC(=O)ON1C(=O)CCC1=O. The highest BCUT2D eigenvalue weighted by molar-refractivity contribution is 6.01. The number of amides is 3. The number of methoxy groups -OCH3 is 1. The number of ether oxygens (including phenoxy) is 7. The van der Waals surface area contributed by atoms with Crippen molar-refractivity contribution in [3.63, 3.8) is 0 Å². The lowest BCUT2D eigenvalue weighted by atomic mass is 10.2. The number of carbonyl (C=O) groups excluding carboxylic acids is 4. The van der Waals surface area contributed by atoms with Crippen LogP contribution in [0.2, 0.25) is 0 Å². The summed E-state index contributed by atoms with van der Waals surface area (Å²) in [5.41, 5.74) is 1.67. The number of hydrogen-bond donors (Lipinski definition) is 0. The van der Waals surface area contributed by atoms with Crippen molar-refractivity contribution in [2.45, 2.75) is 45.2 Å². The molecule has 1 aliphatic heterocycles. The zero-order valence-electron chi connectivity index (χ0n) is 29.4. The highest BCUT2D eigenvalue weighted by atomic mass is 16.7. The Hall–Kier alpha value is -3.95. The maximum atomic E-state index is 13.1. The lowest BCUT2D eigenvalue weighted by Crippen LogP contribution is -2.33. The normalized spacial score (nSPS) is 12.9. The van der Waals surface area contributed by atoms with Crippen molar-refractivity contribution in [1.82, 2.24) is 19.5 Å². The van der Waals surface area contributed by atoms with Crippen LogP contribution in [0.25, 0.3) is 11.0 Å². The van der Waals surface area contributed by atoms with E-state index in [1.165, 1.54) is 4.90 Å². The first-order chi connectivity index (χ1) is 24.9. The van der Waals surface area contributed by atoms with E-state index in [0.29, 0.717) is 103 Å². The van der Waals surface area contributed by atoms with Crippen molar-refractivity contribution in [3.8, 4) is 12.3 Å². The van der Waals surface area contributed by atoms with Crippen molar-refractivity contribution < 1.29 is 57.2 Å². The van der Waals surface area contributed by atoms with Crippen LogP contribution in [0, 0.1) is 12.3 Å². The summed E-state index contributed by atoms with van der Waals surface area (Å²) >= 11 is 0. The molecule has 2 aromatic rings. The first kappa shape index (κ1) is 41.5. The average molecular weight is 719 g/mol. The van der Waals surface area contributed by atoms with Crippen LogP contribution in [-0.4, -0.2) is 143 Å². The van der Waals surface area contributed by atoms with Crippen molar-refractivity contribution in [2.24, 2.45) is 0 Å². The molecule has 0 saturated carbocycles. The van der Waals surface area contributed by atoms with E-state index < -0.39 is 17.8 Å². The molecule has 0 N–H and O–H groups in total. The maximum absolute atomic E-state index is 13.1. The number of imidazole rings is 1. The summed E-state index contributed by atoms with van der Waals surface area (Å²) in [7, 11) is 1.63. The lowest BCUT2D eigenvalue weighted by molar-refractivity contribution is -0.197. The van der Waals surface area contributed by atoms with Crippen molar-refractivity contribution in [3.05, 3.63) is 30.1 Å². The molecule has 51 heavy (non-hydrogen) atoms. The number of benzene rings is 1. The van der Waals surface area contributed by atoms with Crippen molar-refractivity contribution >= 4 is 34.7 Å². The van der Waals surface area contributed by atoms with Gasteiger partial charge in [0.15, 0.2) is 0 Å². The van der Waals surface area contributed by atoms with Gasteiger partial charge in [0.25, 0.3) is 11.8 Å². The fraction of sp³-hybridized carbons (Fsp3) is 0.629. The Morgan fingerprint density at radius 2 is 1.31 bits per heavy atom. The Morgan fingerprint density at radius 3 is 1.86 bits per heavy atom. The molecule has 2 heterocycles. The Labute approximate surface area is 298 Å². The molecule has 1 aromatic carbocycles. The summed E-state index contributed by atoms with van der Waals surface area (Å²) in [6.07, 6.45) is 5.63. The van der Waals surface area contributed by atoms with E-state index in [2.05, 4.69) is 5.92 Å². The first-order valence-electron chi connectivity index (χ1n) is 17.1. The molecule has 3 amide bonds. The predicted molar refractivity (Wildman–Crippen MR) is 182 cm³/mol. The fourth-order valence-electron chi connectivity index (χ4n) is 4.86. The number of terminal acetylenes is 1. The van der Waals surface area contributed by atoms with Crippen LogP contribution in [0.1, 0.15) is 37.9 Å². The molecule has 3 rings (SSSR count). The molecule has 1 fully saturated rings. The molecule has 0 atom stereocenters. The van der Waals surface area contributed by atoms with Crippen LogP contribution in [-0.2, 0) is 70.3 Å². The maximum Gasteiger partial charge on any atom is 0.333 e. The van der Waals surface area contributed by atoms with E-state index in [1.807, 2.05) is 28.8 Å². The number of nitrogens with zero attached hydrogens (tertiary/aromatic N) is 4. The van der Waals surface area contributed by atoms with Gasteiger partial charge in [-0.25, -0.2) is 9.78 Å². The number of hydroxylamine groups is 2. The zero-order chi connectivity index (χ0) is 36.5. The zero-order valence-corrected chi connectivity index (χ0v) is 29.4. The first-order valence-corrected chi connectivity index (χ1v) is 17.1. The number of aromatic nitrogens is 2. The molecular weight excluding hydrogens is 668 g/mol. The van der Waals surface area contributed by atoms with Gasteiger partial charge in [0, 0.05) is 39.3 Å². The molecule has 16 heteroatoms. The third-order valence-electron chi connectivity index (χ3n) is 7.42. The van der Waals surface area contributed by atoms with Gasteiger partial charge in [-0.1, -0.05) is 18.1 Å². The Morgan fingerprint density at radius 1 is 0.784 bits per heavy atom. The van der Waals surface area contributed by atoms with Gasteiger partial charge >= 0.3 is 5.97 Å². The van der Waals surface area contributed by atoms with Gasteiger partial charge in [-0.05, 0) is 18.6 Å². The summed E-state index contributed by atoms with van der Waals surface area (Å²) < 4.78 is 40.0. The highest BCUT2D eigenvalue weighted by Crippen LogP contribution is 2.18. The monoisotopic (exact) mass is 718 g/mol. The third kappa shape index (κ3) is 15.9. The van der Waals surface area contributed by atoms with Gasteiger partial charge in [0.2, 0.25) is 5.91 Å². The number of hydrogen-bond acceptors (Lipinski definition) is 13. The molecule has 0 aliphatic carbocycles. The molecule has 0 unspecified atom stereocenters. The summed E-state index contributed by atoms with van der Waals surface area (Å²) in [6.45, 7) is 6.87. The lowest BCUT2D eigenvalue weighted by Gasteiger charge is -2.21. The van der Waals surface area contributed by atoms with Gasteiger partial charge in [-0.2, -0.15) is 0 Å². The predicted octanol–water partition coefficient (Wildman–Crippen LogP) is 1.52. The average Bonchev–Trinajstić information content (AvgIpc) is 3.64. The van der Waals surface area contributed by atoms with E-state index in [0.717, 1.165) is 11.0 Å². The highest BCUT2D eigenvalue weighted by Gasteiger charge is 2.32. The van der Waals surface area contributed by atoms with Gasteiger partial charge in [-0.15, -0.1) is 11.5 Å².